The number of carbonyl (C=O) groups excluding carboxylic acids is 1. The molecule has 0 aliphatic heterocycles. The molecule has 4 heteroatoms. The Kier molecular flexibility index (Phi) is 5.23. The Morgan fingerprint density at radius 3 is 2.92 bits per heavy atom. The second-order valence-electron chi connectivity index (χ2n) is 6.95. The maximum atomic E-state index is 12.6. The van der Waals surface area contributed by atoms with Crippen LogP contribution in [0.15, 0.2) is 30.0 Å². The van der Waals surface area contributed by atoms with Gasteiger partial charge in [0.25, 0.3) is 5.91 Å². The normalized spacial score (nSPS) is 21.1. The van der Waals surface area contributed by atoms with Gasteiger partial charge < -0.3 is 10.3 Å². The maximum Gasteiger partial charge on any atom is 0.262 e. The standard InChI is InChI=1S/C21H25N3O/c1-3-15-8-6-9-18-17(13-23-20(15)18)11-16(12-22)21(25)24-19-10-5-4-7-14(19)2/h6,8-9,11,13-14,19,23H,3-5,7,10H2,1-2H3,(H,24,25)/b16-11+/t14-,19+/m0/s1. The molecule has 0 radical (unpaired) electrons. The smallest absolute Gasteiger partial charge is 0.262 e. The molecule has 1 aromatic carbocycles. The lowest BCUT2D eigenvalue weighted by atomic mass is 9.86. The topological polar surface area (TPSA) is 68.7 Å². The van der Waals surface area contributed by atoms with E-state index in [2.05, 4.69) is 36.3 Å². The number of benzene rings is 1. The number of hydrogen-bond acceptors (Lipinski definition) is 2. The number of aromatic nitrogens is 1. The molecule has 130 valence electrons. The highest BCUT2D eigenvalue weighted by atomic mass is 16.1. The molecule has 0 unspecified atom stereocenters. The molecular formula is C21H25N3O. The molecule has 1 saturated carbocycles. The van der Waals surface area contributed by atoms with Crippen molar-refractivity contribution in [3.63, 3.8) is 0 Å². The minimum atomic E-state index is -0.262. The van der Waals surface area contributed by atoms with Crippen LogP contribution in [0.5, 0.6) is 0 Å². The fourth-order valence-electron chi connectivity index (χ4n) is 3.73. The minimum Gasteiger partial charge on any atom is -0.360 e. The van der Waals surface area contributed by atoms with Crippen molar-refractivity contribution in [2.24, 2.45) is 5.92 Å². The molecular weight excluding hydrogens is 310 g/mol. The molecule has 1 fully saturated rings. The van der Waals surface area contributed by atoms with Gasteiger partial charge in [-0.3, -0.25) is 4.79 Å². The van der Waals surface area contributed by atoms with Gasteiger partial charge in [0.15, 0.2) is 0 Å². The molecule has 4 nitrogen and oxygen atoms in total. The summed E-state index contributed by atoms with van der Waals surface area (Å²) in [5, 5.41) is 13.6. The van der Waals surface area contributed by atoms with Crippen LogP contribution in [0.25, 0.3) is 17.0 Å². The first-order valence-corrected chi connectivity index (χ1v) is 9.15. The SMILES string of the molecule is CCc1cccc2c(/C=C(\C#N)C(=O)N[C@@H]3CCCC[C@@H]3C)c[nH]c12. The van der Waals surface area contributed by atoms with Crippen molar-refractivity contribution < 1.29 is 4.79 Å². The van der Waals surface area contributed by atoms with Gasteiger partial charge in [0.2, 0.25) is 0 Å². The fraction of sp³-hybridized carbons (Fsp3) is 0.429. The van der Waals surface area contributed by atoms with Crippen LogP contribution >= 0.6 is 0 Å². The number of H-pyrrole nitrogens is 1. The van der Waals surface area contributed by atoms with Crippen molar-refractivity contribution >= 4 is 22.9 Å². The summed E-state index contributed by atoms with van der Waals surface area (Å²) in [6.45, 7) is 4.29. The number of nitrogens with zero attached hydrogens (tertiary/aromatic N) is 1. The minimum absolute atomic E-state index is 0.167. The van der Waals surface area contributed by atoms with E-state index in [0.29, 0.717) is 5.92 Å². The number of rotatable bonds is 4. The molecule has 1 amide bonds. The van der Waals surface area contributed by atoms with Crippen LogP contribution < -0.4 is 5.32 Å². The van der Waals surface area contributed by atoms with Gasteiger partial charge in [-0.1, -0.05) is 44.9 Å². The van der Waals surface area contributed by atoms with Gasteiger partial charge in [-0.15, -0.1) is 0 Å². The fourth-order valence-corrected chi connectivity index (χ4v) is 3.73. The molecule has 0 spiro atoms. The molecule has 0 bridgehead atoms. The molecule has 0 saturated heterocycles. The second-order valence-corrected chi connectivity index (χ2v) is 6.95. The van der Waals surface area contributed by atoms with Gasteiger partial charge in [-0.25, -0.2) is 0 Å². The second kappa shape index (κ2) is 7.57. The predicted octanol–water partition coefficient (Wildman–Crippen LogP) is 4.33. The summed E-state index contributed by atoms with van der Waals surface area (Å²) in [4.78, 5) is 15.8. The number of aromatic amines is 1. The first-order chi connectivity index (χ1) is 12.1. The van der Waals surface area contributed by atoms with E-state index in [4.69, 9.17) is 0 Å². The number of amides is 1. The van der Waals surface area contributed by atoms with Gasteiger partial charge in [0, 0.05) is 28.7 Å². The Morgan fingerprint density at radius 1 is 1.40 bits per heavy atom. The van der Waals surface area contributed by atoms with Gasteiger partial charge in [0.1, 0.15) is 11.6 Å². The Morgan fingerprint density at radius 2 is 2.20 bits per heavy atom. The van der Waals surface area contributed by atoms with Crippen LogP contribution in [0.2, 0.25) is 0 Å². The van der Waals surface area contributed by atoms with E-state index in [1.54, 1.807) is 6.08 Å². The molecule has 2 N–H and O–H groups in total. The van der Waals surface area contributed by atoms with Crippen LogP contribution in [0.3, 0.4) is 0 Å². The van der Waals surface area contributed by atoms with Gasteiger partial charge in [0.05, 0.1) is 0 Å². The molecule has 2 aromatic rings. The third-order valence-electron chi connectivity index (χ3n) is 5.31. The zero-order valence-electron chi connectivity index (χ0n) is 14.9. The summed E-state index contributed by atoms with van der Waals surface area (Å²) in [5.74, 6) is 0.208. The number of fused-ring (bicyclic) bond motifs is 1. The molecule has 1 aliphatic carbocycles. The number of carbonyl (C=O) groups is 1. The molecule has 1 aliphatic rings. The molecule has 25 heavy (non-hydrogen) atoms. The highest BCUT2D eigenvalue weighted by Gasteiger charge is 2.24. The largest absolute Gasteiger partial charge is 0.360 e. The van der Waals surface area contributed by atoms with Crippen molar-refractivity contribution in [3.8, 4) is 6.07 Å². The van der Waals surface area contributed by atoms with Crippen LogP contribution in [0.4, 0.5) is 0 Å². The summed E-state index contributed by atoms with van der Waals surface area (Å²) in [6, 6.07) is 8.38. The number of para-hydroxylation sites is 1. The molecule has 1 heterocycles. The summed E-state index contributed by atoms with van der Waals surface area (Å²) < 4.78 is 0. The van der Waals surface area contributed by atoms with Crippen molar-refractivity contribution in [1.29, 1.82) is 5.26 Å². The van der Waals surface area contributed by atoms with E-state index in [1.807, 2.05) is 18.3 Å². The van der Waals surface area contributed by atoms with Crippen LogP contribution in [0, 0.1) is 17.2 Å². The lowest BCUT2D eigenvalue weighted by Gasteiger charge is -2.29. The number of nitrogens with one attached hydrogen (secondary N) is 2. The highest BCUT2D eigenvalue weighted by molar-refractivity contribution is 6.04. The quantitative estimate of drug-likeness (QED) is 0.645. The lowest BCUT2D eigenvalue weighted by molar-refractivity contribution is -0.118. The Balaban J connectivity index is 1.85. The third kappa shape index (κ3) is 3.61. The average molecular weight is 335 g/mol. The summed E-state index contributed by atoms with van der Waals surface area (Å²) in [7, 11) is 0. The molecule has 2 atom stereocenters. The Labute approximate surface area is 148 Å². The zero-order valence-corrected chi connectivity index (χ0v) is 14.9. The first kappa shape index (κ1) is 17.3. The summed E-state index contributed by atoms with van der Waals surface area (Å²) in [6.07, 6.45) is 9.01. The number of nitriles is 1. The van der Waals surface area contributed by atoms with Crippen molar-refractivity contribution in [3.05, 3.63) is 41.1 Å². The monoisotopic (exact) mass is 335 g/mol. The zero-order chi connectivity index (χ0) is 17.8. The van der Waals surface area contributed by atoms with Crippen molar-refractivity contribution in [2.75, 3.05) is 0 Å². The first-order valence-electron chi connectivity index (χ1n) is 9.15. The summed E-state index contributed by atoms with van der Waals surface area (Å²) >= 11 is 0. The van der Waals surface area contributed by atoms with E-state index in [0.717, 1.165) is 42.1 Å². The third-order valence-corrected chi connectivity index (χ3v) is 5.31. The van der Waals surface area contributed by atoms with Crippen molar-refractivity contribution in [1.82, 2.24) is 10.3 Å². The number of hydrogen-bond donors (Lipinski definition) is 2. The molecule has 1 aromatic heterocycles. The Hall–Kier alpha value is -2.54. The van der Waals surface area contributed by atoms with Gasteiger partial charge in [-0.05, 0) is 36.8 Å². The highest BCUT2D eigenvalue weighted by Crippen LogP contribution is 2.26. The van der Waals surface area contributed by atoms with E-state index in [9.17, 15) is 10.1 Å². The van der Waals surface area contributed by atoms with Gasteiger partial charge in [-0.2, -0.15) is 5.26 Å². The van der Waals surface area contributed by atoms with E-state index >= 15 is 0 Å². The molecule has 3 rings (SSSR count). The Bertz CT molecular complexity index is 840. The lowest BCUT2D eigenvalue weighted by Crippen LogP contribution is -2.41. The van der Waals surface area contributed by atoms with Crippen LogP contribution in [-0.4, -0.2) is 16.9 Å². The van der Waals surface area contributed by atoms with Crippen LogP contribution in [-0.2, 0) is 11.2 Å². The van der Waals surface area contributed by atoms with E-state index in [-0.39, 0.29) is 17.5 Å². The van der Waals surface area contributed by atoms with Crippen LogP contribution in [0.1, 0.15) is 50.7 Å². The van der Waals surface area contributed by atoms with E-state index < -0.39 is 0 Å². The van der Waals surface area contributed by atoms with Gasteiger partial charge >= 0.3 is 0 Å². The summed E-state index contributed by atoms with van der Waals surface area (Å²) in [5.41, 5.74) is 3.36. The number of aryl methyl sites for hydroxylation is 1. The predicted molar refractivity (Wildman–Crippen MR) is 101 cm³/mol. The van der Waals surface area contributed by atoms with Crippen molar-refractivity contribution in [2.45, 2.75) is 52.0 Å². The maximum absolute atomic E-state index is 12.6. The average Bonchev–Trinajstić information content (AvgIpc) is 3.04. The van der Waals surface area contributed by atoms with E-state index in [1.165, 1.54) is 12.0 Å².